The van der Waals surface area contributed by atoms with E-state index >= 15 is 0 Å². The molecule has 138 valence electrons. The molecule has 0 unspecified atom stereocenters. The van der Waals surface area contributed by atoms with Crippen LogP contribution in [0.5, 0.6) is 5.75 Å². The molecule has 0 fully saturated rings. The minimum Gasteiger partial charge on any atom is -0.507 e. The first-order valence-electron chi connectivity index (χ1n) is 7.46. The number of carbonyl (C=O) groups is 1. The average molecular weight is 388 g/mol. The fraction of sp³-hybridized carbons (Fsp3) is 0. The Hall–Kier alpha value is -3.50. The maximum atomic E-state index is 12.4. The number of carbonyl (C=O) groups excluding carboxylic acids is 1. The zero-order valence-electron chi connectivity index (χ0n) is 13.5. The third-order valence-corrected chi connectivity index (χ3v) is 4.74. The standard InChI is InChI=1S/C17H12N2O7S/c20-14-3-1-2-12-13(8-9-15(16(12)14)27(24,25)26)18-17(21)10-4-6-11(7-5-10)19(22)23/h1-9,20H,(H,18,21)(H,24,25,26). The van der Waals surface area contributed by atoms with Crippen molar-refractivity contribution in [1.82, 2.24) is 0 Å². The average Bonchev–Trinajstić information content (AvgIpc) is 2.61. The van der Waals surface area contributed by atoms with E-state index in [-0.39, 0.29) is 33.5 Å². The van der Waals surface area contributed by atoms with Gasteiger partial charge in [-0.25, -0.2) is 0 Å². The summed E-state index contributed by atoms with van der Waals surface area (Å²) in [6.07, 6.45) is 0. The summed E-state index contributed by atoms with van der Waals surface area (Å²) < 4.78 is 32.4. The Balaban J connectivity index is 2.04. The molecule has 0 aliphatic rings. The van der Waals surface area contributed by atoms with Crippen LogP contribution in [-0.4, -0.2) is 28.9 Å². The van der Waals surface area contributed by atoms with Gasteiger partial charge in [-0.1, -0.05) is 12.1 Å². The van der Waals surface area contributed by atoms with Crippen LogP contribution in [0.2, 0.25) is 0 Å². The Kier molecular flexibility index (Phi) is 4.52. The fourth-order valence-corrected chi connectivity index (χ4v) is 3.32. The van der Waals surface area contributed by atoms with E-state index in [2.05, 4.69) is 5.32 Å². The first-order valence-corrected chi connectivity index (χ1v) is 8.90. The number of nitrogens with zero attached hydrogens (tertiary/aromatic N) is 1. The number of anilines is 1. The van der Waals surface area contributed by atoms with Crippen molar-refractivity contribution in [3.05, 3.63) is 70.3 Å². The molecule has 3 aromatic rings. The van der Waals surface area contributed by atoms with Crippen LogP contribution in [0.1, 0.15) is 10.4 Å². The summed E-state index contributed by atoms with van der Waals surface area (Å²) >= 11 is 0. The van der Waals surface area contributed by atoms with Crippen molar-refractivity contribution in [3.63, 3.8) is 0 Å². The van der Waals surface area contributed by atoms with Gasteiger partial charge in [0.2, 0.25) is 0 Å². The van der Waals surface area contributed by atoms with E-state index in [1.807, 2.05) is 0 Å². The number of nitro groups is 1. The summed E-state index contributed by atoms with van der Waals surface area (Å²) in [4.78, 5) is 22.0. The largest absolute Gasteiger partial charge is 0.507 e. The van der Waals surface area contributed by atoms with Crippen molar-refractivity contribution in [3.8, 4) is 5.75 Å². The van der Waals surface area contributed by atoms with Crippen molar-refractivity contribution >= 4 is 38.2 Å². The summed E-state index contributed by atoms with van der Waals surface area (Å²) in [6, 6.07) is 11.4. The summed E-state index contributed by atoms with van der Waals surface area (Å²) in [5, 5.41) is 23.3. The number of phenols is 1. The highest BCUT2D eigenvalue weighted by Crippen LogP contribution is 2.35. The van der Waals surface area contributed by atoms with Gasteiger partial charge in [0.05, 0.1) is 4.92 Å². The Morgan fingerprint density at radius 1 is 1.04 bits per heavy atom. The lowest BCUT2D eigenvalue weighted by molar-refractivity contribution is -0.384. The van der Waals surface area contributed by atoms with Gasteiger partial charge in [-0.15, -0.1) is 0 Å². The second-order valence-electron chi connectivity index (χ2n) is 5.54. The number of rotatable bonds is 4. The molecule has 27 heavy (non-hydrogen) atoms. The molecule has 0 spiro atoms. The Bertz CT molecular complexity index is 1170. The van der Waals surface area contributed by atoms with Gasteiger partial charge in [0.15, 0.2) is 0 Å². The zero-order valence-corrected chi connectivity index (χ0v) is 14.3. The minimum absolute atomic E-state index is 0.138. The molecule has 0 aliphatic carbocycles. The van der Waals surface area contributed by atoms with Crippen molar-refractivity contribution in [2.75, 3.05) is 5.32 Å². The normalized spacial score (nSPS) is 11.3. The summed E-state index contributed by atoms with van der Waals surface area (Å²) in [5.41, 5.74) is 0.170. The molecule has 0 aliphatic heterocycles. The SMILES string of the molecule is O=C(Nc1ccc(S(=O)(=O)O)c2c(O)cccc12)c1ccc([N+](=O)[O-])cc1. The second kappa shape index (κ2) is 6.67. The van der Waals surface area contributed by atoms with Crippen molar-refractivity contribution in [2.24, 2.45) is 0 Å². The van der Waals surface area contributed by atoms with Gasteiger partial charge in [0.1, 0.15) is 10.6 Å². The number of amides is 1. The molecule has 0 saturated carbocycles. The molecular weight excluding hydrogens is 376 g/mol. The molecule has 1 amide bonds. The number of phenolic OH excluding ortho intramolecular Hbond substituents is 1. The van der Waals surface area contributed by atoms with Crippen molar-refractivity contribution < 1.29 is 27.8 Å². The van der Waals surface area contributed by atoms with Crippen LogP contribution >= 0.6 is 0 Å². The minimum atomic E-state index is -4.60. The lowest BCUT2D eigenvalue weighted by Gasteiger charge is -2.12. The molecule has 0 heterocycles. The molecule has 0 radical (unpaired) electrons. The number of hydrogen-bond acceptors (Lipinski definition) is 6. The highest BCUT2D eigenvalue weighted by atomic mass is 32.2. The van der Waals surface area contributed by atoms with Gasteiger partial charge < -0.3 is 10.4 Å². The predicted molar refractivity (Wildman–Crippen MR) is 96.5 cm³/mol. The maximum Gasteiger partial charge on any atom is 0.295 e. The molecular formula is C17H12N2O7S. The molecule has 3 rings (SSSR count). The van der Waals surface area contributed by atoms with E-state index in [1.54, 1.807) is 0 Å². The molecule has 3 aromatic carbocycles. The number of nitrogens with one attached hydrogen (secondary N) is 1. The molecule has 0 aromatic heterocycles. The van der Waals surface area contributed by atoms with Crippen LogP contribution in [-0.2, 0) is 10.1 Å². The van der Waals surface area contributed by atoms with E-state index in [9.17, 15) is 33.0 Å². The van der Waals surface area contributed by atoms with Crippen LogP contribution in [0.15, 0.2) is 59.5 Å². The predicted octanol–water partition coefficient (Wildman–Crippen LogP) is 2.95. The van der Waals surface area contributed by atoms with Crippen LogP contribution in [0.4, 0.5) is 11.4 Å². The Labute approximate surface area is 152 Å². The zero-order chi connectivity index (χ0) is 19.8. The number of non-ortho nitro benzene ring substituents is 1. The smallest absolute Gasteiger partial charge is 0.295 e. The number of aromatic hydroxyl groups is 1. The first-order chi connectivity index (χ1) is 12.7. The lowest BCUT2D eigenvalue weighted by Crippen LogP contribution is -2.12. The van der Waals surface area contributed by atoms with Gasteiger partial charge in [-0.2, -0.15) is 8.42 Å². The van der Waals surface area contributed by atoms with Crippen LogP contribution in [0, 0.1) is 10.1 Å². The van der Waals surface area contributed by atoms with E-state index in [0.717, 1.165) is 6.07 Å². The fourth-order valence-electron chi connectivity index (χ4n) is 2.61. The molecule has 9 nitrogen and oxygen atoms in total. The number of benzene rings is 3. The number of nitro benzene ring substituents is 1. The molecule has 0 saturated heterocycles. The first kappa shape index (κ1) is 18.3. The summed E-state index contributed by atoms with van der Waals surface area (Å²) in [5.74, 6) is -0.972. The third kappa shape index (κ3) is 3.57. The third-order valence-electron chi connectivity index (χ3n) is 3.85. The van der Waals surface area contributed by atoms with Gasteiger partial charge >= 0.3 is 0 Å². The van der Waals surface area contributed by atoms with Crippen LogP contribution < -0.4 is 5.32 Å². The van der Waals surface area contributed by atoms with Gasteiger partial charge in [-0.05, 0) is 30.3 Å². The number of fused-ring (bicyclic) bond motifs is 1. The Morgan fingerprint density at radius 2 is 1.70 bits per heavy atom. The van der Waals surface area contributed by atoms with Gasteiger partial charge in [0.25, 0.3) is 21.7 Å². The van der Waals surface area contributed by atoms with E-state index in [0.29, 0.717) is 0 Å². The second-order valence-corrected chi connectivity index (χ2v) is 6.93. The van der Waals surface area contributed by atoms with Crippen LogP contribution in [0.25, 0.3) is 10.8 Å². The highest BCUT2D eigenvalue weighted by molar-refractivity contribution is 7.86. The van der Waals surface area contributed by atoms with E-state index in [1.165, 1.54) is 48.5 Å². The van der Waals surface area contributed by atoms with Crippen LogP contribution in [0.3, 0.4) is 0 Å². The molecule has 0 bridgehead atoms. The quantitative estimate of drug-likeness (QED) is 0.354. The highest BCUT2D eigenvalue weighted by Gasteiger charge is 2.19. The van der Waals surface area contributed by atoms with E-state index in [4.69, 9.17) is 0 Å². The topological polar surface area (TPSA) is 147 Å². The summed E-state index contributed by atoms with van der Waals surface area (Å²) in [7, 11) is -4.60. The molecule has 0 atom stereocenters. The van der Waals surface area contributed by atoms with Gasteiger partial charge in [-0.3, -0.25) is 19.5 Å². The van der Waals surface area contributed by atoms with Crippen molar-refractivity contribution in [2.45, 2.75) is 4.90 Å². The van der Waals surface area contributed by atoms with E-state index < -0.39 is 25.8 Å². The van der Waals surface area contributed by atoms with Crippen molar-refractivity contribution in [1.29, 1.82) is 0 Å². The Morgan fingerprint density at radius 3 is 2.30 bits per heavy atom. The van der Waals surface area contributed by atoms with Gasteiger partial charge in [0, 0.05) is 34.2 Å². The molecule has 10 heteroatoms. The summed E-state index contributed by atoms with van der Waals surface area (Å²) in [6.45, 7) is 0. The monoisotopic (exact) mass is 388 g/mol. The molecule has 3 N–H and O–H groups in total. The maximum absolute atomic E-state index is 12.4. The lowest BCUT2D eigenvalue weighted by atomic mass is 10.1. The number of hydrogen-bond donors (Lipinski definition) is 3.